The van der Waals surface area contributed by atoms with E-state index in [2.05, 4.69) is 57.2 Å². The summed E-state index contributed by atoms with van der Waals surface area (Å²) in [7, 11) is 0. The predicted molar refractivity (Wildman–Crippen MR) is 98.5 cm³/mol. The first kappa shape index (κ1) is 14.8. The third-order valence-electron chi connectivity index (χ3n) is 5.06. The average molecular weight is 310 g/mol. The second kappa shape index (κ2) is 6.77. The lowest BCUT2D eigenvalue weighted by Gasteiger charge is -2.31. The zero-order chi connectivity index (χ0) is 15.5. The van der Waals surface area contributed by atoms with E-state index in [0.717, 1.165) is 39.3 Å². The number of hydrogen-bond donors (Lipinski definition) is 3. The maximum atomic E-state index is 3.78. The van der Waals surface area contributed by atoms with Gasteiger partial charge in [0.25, 0.3) is 0 Å². The topological polar surface area (TPSA) is 39.3 Å². The van der Waals surface area contributed by atoms with Crippen LogP contribution in [-0.2, 0) is 0 Å². The van der Waals surface area contributed by atoms with Gasteiger partial charge in [-0.05, 0) is 38.1 Å². The molecule has 2 aromatic rings. The fourth-order valence-corrected chi connectivity index (χ4v) is 3.78. The normalized spacial score (nSPS) is 19.9. The third kappa shape index (κ3) is 3.14. The smallest absolute Gasteiger partial charge is 0.0448 e. The molecule has 122 valence electrons. The minimum absolute atomic E-state index is 0.588. The zero-order valence-electron chi connectivity index (χ0n) is 13.6. The van der Waals surface area contributed by atoms with Crippen LogP contribution >= 0.6 is 0 Å². The summed E-state index contributed by atoms with van der Waals surface area (Å²) in [6, 6.07) is 14.0. The first-order valence-corrected chi connectivity index (χ1v) is 8.86. The lowest BCUT2D eigenvalue weighted by molar-refractivity contribution is 0.479. The number of anilines is 2. The third-order valence-corrected chi connectivity index (χ3v) is 5.06. The van der Waals surface area contributed by atoms with E-state index in [1.54, 1.807) is 0 Å². The van der Waals surface area contributed by atoms with Gasteiger partial charge in [0.05, 0.1) is 0 Å². The van der Waals surface area contributed by atoms with E-state index in [0.29, 0.717) is 6.04 Å². The van der Waals surface area contributed by atoms with Crippen LogP contribution in [-0.4, -0.2) is 45.3 Å². The number of piperazine rings is 1. The Morgan fingerprint density at radius 2 is 1.52 bits per heavy atom. The van der Waals surface area contributed by atoms with Crippen LogP contribution in [0.1, 0.15) is 12.8 Å². The van der Waals surface area contributed by atoms with Crippen molar-refractivity contribution < 1.29 is 0 Å². The number of piperidine rings is 1. The molecule has 0 atom stereocenters. The largest absolute Gasteiger partial charge is 0.382 e. The van der Waals surface area contributed by atoms with Gasteiger partial charge >= 0.3 is 0 Å². The molecule has 2 heterocycles. The van der Waals surface area contributed by atoms with Crippen molar-refractivity contribution in [2.24, 2.45) is 0 Å². The summed E-state index contributed by atoms with van der Waals surface area (Å²) in [6.07, 6.45) is 2.40. The number of benzene rings is 2. The summed E-state index contributed by atoms with van der Waals surface area (Å²) in [6.45, 7) is 6.56. The van der Waals surface area contributed by atoms with Gasteiger partial charge in [-0.1, -0.05) is 24.3 Å². The van der Waals surface area contributed by atoms with E-state index < -0.39 is 0 Å². The van der Waals surface area contributed by atoms with Crippen molar-refractivity contribution in [2.75, 3.05) is 49.5 Å². The summed E-state index contributed by atoms with van der Waals surface area (Å²) in [5.74, 6) is 0. The maximum absolute atomic E-state index is 3.78. The lowest BCUT2D eigenvalue weighted by atomic mass is 10.0. The Hall–Kier alpha value is -1.78. The molecule has 3 N–H and O–H groups in total. The standard InChI is InChI=1S/C19H26N4/c1-2-4-17-16(3-1)18(22-15-7-9-20-10-8-15)5-6-19(17)23-13-11-21-12-14-23/h1-6,15,20-22H,7-14H2. The first-order chi connectivity index (χ1) is 11.4. The molecule has 0 unspecified atom stereocenters. The maximum Gasteiger partial charge on any atom is 0.0448 e. The molecule has 0 bridgehead atoms. The van der Waals surface area contributed by atoms with Crippen molar-refractivity contribution in [3.8, 4) is 0 Å². The van der Waals surface area contributed by atoms with Crippen molar-refractivity contribution in [1.82, 2.24) is 10.6 Å². The van der Waals surface area contributed by atoms with Gasteiger partial charge in [0.2, 0.25) is 0 Å². The number of rotatable bonds is 3. The van der Waals surface area contributed by atoms with Crippen LogP contribution in [0.4, 0.5) is 11.4 Å². The highest BCUT2D eigenvalue weighted by atomic mass is 15.2. The van der Waals surface area contributed by atoms with Gasteiger partial charge in [-0.15, -0.1) is 0 Å². The molecule has 4 heteroatoms. The van der Waals surface area contributed by atoms with Gasteiger partial charge in [0.1, 0.15) is 0 Å². The monoisotopic (exact) mass is 310 g/mol. The van der Waals surface area contributed by atoms with Gasteiger partial charge in [0.15, 0.2) is 0 Å². The van der Waals surface area contributed by atoms with Crippen LogP contribution in [0.5, 0.6) is 0 Å². The second-order valence-electron chi connectivity index (χ2n) is 6.58. The summed E-state index contributed by atoms with van der Waals surface area (Å²) < 4.78 is 0. The number of hydrogen-bond acceptors (Lipinski definition) is 4. The summed E-state index contributed by atoms with van der Waals surface area (Å²) in [5, 5.41) is 13.4. The molecule has 0 radical (unpaired) electrons. The molecule has 2 aromatic carbocycles. The summed E-state index contributed by atoms with van der Waals surface area (Å²) in [5.41, 5.74) is 2.66. The van der Waals surface area contributed by atoms with E-state index in [1.807, 2.05) is 0 Å². The fourth-order valence-electron chi connectivity index (χ4n) is 3.78. The highest BCUT2D eigenvalue weighted by molar-refractivity contribution is 6.02. The van der Waals surface area contributed by atoms with E-state index in [4.69, 9.17) is 0 Å². The Labute approximate surface area is 138 Å². The molecule has 2 aliphatic heterocycles. The average Bonchev–Trinajstić information content (AvgIpc) is 2.64. The Morgan fingerprint density at radius 1 is 0.826 bits per heavy atom. The molecule has 0 aliphatic carbocycles. The highest BCUT2D eigenvalue weighted by Gasteiger charge is 2.17. The molecule has 0 amide bonds. The molecule has 2 fully saturated rings. The van der Waals surface area contributed by atoms with Gasteiger partial charge in [-0.25, -0.2) is 0 Å². The molecule has 0 aromatic heterocycles. The minimum atomic E-state index is 0.588. The Kier molecular flexibility index (Phi) is 4.35. The Bertz CT molecular complexity index is 657. The van der Waals surface area contributed by atoms with Gasteiger partial charge in [-0.3, -0.25) is 0 Å². The van der Waals surface area contributed by atoms with Crippen molar-refractivity contribution in [1.29, 1.82) is 0 Å². The molecule has 2 saturated heterocycles. The summed E-state index contributed by atoms with van der Waals surface area (Å²) in [4.78, 5) is 2.51. The van der Waals surface area contributed by atoms with Crippen LogP contribution in [0.25, 0.3) is 10.8 Å². The number of fused-ring (bicyclic) bond motifs is 1. The Balaban J connectivity index is 1.67. The molecule has 0 saturated carbocycles. The SMILES string of the molecule is c1ccc2c(N3CCNCC3)ccc(NC3CCNCC3)c2c1. The van der Waals surface area contributed by atoms with Crippen LogP contribution < -0.4 is 20.9 Å². The van der Waals surface area contributed by atoms with Gasteiger partial charge in [-0.2, -0.15) is 0 Å². The van der Waals surface area contributed by atoms with Crippen molar-refractivity contribution in [3.63, 3.8) is 0 Å². The first-order valence-electron chi connectivity index (χ1n) is 8.86. The van der Waals surface area contributed by atoms with Crippen LogP contribution in [0.3, 0.4) is 0 Å². The molecular weight excluding hydrogens is 284 g/mol. The van der Waals surface area contributed by atoms with E-state index in [1.165, 1.54) is 35.0 Å². The lowest BCUT2D eigenvalue weighted by Crippen LogP contribution is -2.43. The molecule has 0 spiro atoms. The van der Waals surface area contributed by atoms with E-state index in [-0.39, 0.29) is 0 Å². The molecular formula is C19H26N4. The van der Waals surface area contributed by atoms with Gasteiger partial charge in [0, 0.05) is 54.4 Å². The molecule has 23 heavy (non-hydrogen) atoms. The molecule has 4 nitrogen and oxygen atoms in total. The van der Waals surface area contributed by atoms with E-state index in [9.17, 15) is 0 Å². The highest BCUT2D eigenvalue weighted by Crippen LogP contribution is 2.33. The summed E-state index contributed by atoms with van der Waals surface area (Å²) >= 11 is 0. The number of nitrogens with zero attached hydrogens (tertiary/aromatic N) is 1. The molecule has 4 rings (SSSR count). The van der Waals surface area contributed by atoms with E-state index >= 15 is 0 Å². The Morgan fingerprint density at radius 3 is 2.30 bits per heavy atom. The van der Waals surface area contributed by atoms with Crippen LogP contribution in [0, 0.1) is 0 Å². The second-order valence-corrected chi connectivity index (χ2v) is 6.58. The van der Waals surface area contributed by atoms with Crippen molar-refractivity contribution in [2.45, 2.75) is 18.9 Å². The minimum Gasteiger partial charge on any atom is -0.382 e. The van der Waals surface area contributed by atoms with Crippen molar-refractivity contribution >= 4 is 22.1 Å². The van der Waals surface area contributed by atoms with Crippen LogP contribution in [0.2, 0.25) is 0 Å². The van der Waals surface area contributed by atoms with Crippen molar-refractivity contribution in [3.05, 3.63) is 36.4 Å². The predicted octanol–water partition coefficient (Wildman–Crippen LogP) is 2.41. The quantitative estimate of drug-likeness (QED) is 0.814. The van der Waals surface area contributed by atoms with Gasteiger partial charge < -0.3 is 20.9 Å². The number of nitrogens with one attached hydrogen (secondary N) is 3. The fraction of sp³-hybridized carbons (Fsp3) is 0.474. The van der Waals surface area contributed by atoms with Crippen LogP contribution in [0.15, 0.2) is 36.4 Å². The molecule has 2 aliphatic rings. The zero-order valence-corrected chi connectivity index (χ0v) is 13.6.